The van der Waals surface area contributed by atoms with Crippen LogP contribution in [0, 0.1) is 0 Å². The second kappa shape index (κ2) is 13.1. The zero-order chi connectivity index (χ0) is 30.5. The number of likely N-dealkylation sites (tertiary alicyclic amines) is 1. The maximum absolute atomic E-state index is 12.2. The number of nitrogens with zero attached hydrogens (tertiary/aromatic N) is 2. The molecule has 0 spiro atoms. The molecule has 1 aliphatic rings. The minimum atomic E-state index is -1.27. The fourth-order valence-electron chi connectivity index (χ4n) is 5.95. The molecule has 2 N–H and O–H groups in total. The van der Waals surface area contributed by atoms with E-state index in [4.69, 9.17) is 9.47 Å². The van der Waals surface area contributed by atoms with Crippen LogP contribution in [0.1, 0.15) is 45.8 Å². The average Bonchev–Trinajstić information content (AvgIpc) is 3.42. The fourth-order valence-corrected chi connectivity index (χ4v) is 5.95. The third-order valence-electron chi connectivity index (χ3n) is 8.21. The highest BCUT2D eigenvalue weighted by molar-refractivity contribution is 5.91. The lowest BCUT2D eigenvalue weighted by molar-refractivity contribution is -0.155. The molecule has 0 radical (unpaired) electrons. The summed E-state index contributed by atoms with van der Waals surface area (Å²) in [7, 11) is 0. The summed E-state index contributed by atoms with van der Waals surface area (Å²) in [4.78, 5) is 25.6. The molecule has 8 nitrogen and oxygen atoms in total. The van der Waals surface area contributed by atoms with E-state index in [1.54, 1.807) is 17.0 Å². The van der Waals surface area contributed by atoms with E-state index >= 15 is 0 Å². The zero-order valence-corrected chi connectivity index (χ0v) is 24.2. The number of ether oxygens (including phenoxy) is 2. The number of piperidine rings is 1. The number of hydrogen-bond acceptors (Lipinski definition) is 5. The summed E-state index contributed by atoms with van der Waals surface area (Å²) in [6.45, 7) is 2.28. The number of carboxylic acid groups (broad SMARTS) is 2. The Kier molecular flexibility index (Phi) is 8.61. The Morgan fingerprint density at radius 2 is 1.48 bits per heavy atom. The summed E-state index contributed by atoms with van der Waals surface area (Å²) in [5, 5.41) is 20.7. The highest BCUT2D eigenvalue weighted by Gasteiger charge is 2.33. The van der Waals surface area contributed by atoms with Crippen LogP contribution in [-0.2, 0) is 17.9 Å². The smallest absolute Gasteiger partial charge is 0.360 e. The molecular weight excluding hydrogens is 556 g/mol. The number of para-hydroxylation sites is 2. The van der Waals surface area contributed by atoms with Crippen molar-refractivity contribution in [2.24, 2.45) is 0 Å². The lowest BCUT2D eigenvalue weighted by atomic mass is 9.89. The Balaban J connectivity index is 1.13. The molecule has 0 aliphatic carbocycles. The molecule has 2 heterocycles. The van der Waals surface area contributed by atoms with E-state index in [1.807, 2.05) is 42.5 Å². The summed E-state index contributed by atoms with van der Waals surface area (Å²) in [6.07, 6.45) is 2.49. The van der Waals surface area contributed by atoms with Gasteiger partial charge in [0.15, 0.2) is 0 Å². The van der Waals surface area contributed by atoms with E-state index in [2.05, 4.69) is 47.2 Å². The molecule has 1 atom stereocenters. The van der Waals surface area contributed by atoms with Gasteiger partial charge in [0.2, 0.25) is 0 Å². The van der Waals surface area contributed by atoms with Crippen molar-refractivity contribution in [2.45, 2.75) is 38.1 Å². The summed E-state index contributed by atoms with van der Waals surface area (Å²) in [5.74, 6) is -1.17. The molecule has 5 aromatic rings. The number of carboxylic acids is 2. The third kappa shape index (κ3) is 6.45. The second-order valence-corrected chi connectivity index (χ2v) is 11.1. The first kappa shape index (κ1) is 29.0. The summed E-state index contributed by atoms with van der Waals surface area (Å²) in [5.41, 5.74) is 4.65. The van der Waals surface area contributed by atoms with Crippen molar-refractivity contribution in [3.05, 3.63) is 132 Å². The first-order valence-electron chi connectivity index (χ1n) is 14.8. The third-order valence-corrected chi connectivity index (χ3v) is 8.21. The van der Waals surface area contributed by atoms with E-state index in [9.17, 15) is 19.8 Å². The molecule has 44 heavy (non-hydrogen) atoms. The van der Waals surface area contributed by atoms with Gasteiger partial charge in [0, 0.05) is 36.7 Å². The monoisotopic (exact) mass is 590 g/mol. The Hall–Kier alpha value is -5.08. The van der Waals surface area contributed by atoms with E-state index in [-0.39, 0.29) is 17.2 Å². The molecule has 1 unspecified atom stereocenters. The van der Waals surface area contributed by atoms with Gasteiger partial charge in [0.25, 0.3) is 6.23 Å². The molecule has 6 rings (SSSR count). The van der Waals surface area contributed by atoms with Crippen molar-refractivity contribution in [1.29, 1.82) is 0 Å². The van der Waals surface area contributed by atoms with Gasteiger partial charge in [-0.25, -0.2) is 9.59 Å². The Bertz CT molecular complexity index is 1740. The molecule has 8 heteroatoms. The Morgan fingerprint density at radius 3 is 2.20 bits per heavy atom. The van der Waals surface area contributed by atoms with E-state index < -0.39 is 18.2 Å². The highest BCUT2D eigenvalue weighted by atomic mass is 16.5. The number of hydrogen-bond donors (Lipinski definition) is 2. The van der Waals surface area contributed by atoms with Crippen molar-refractivity contribution < 1.29 is 29.3 Å². The molecule has 0 saturated carbocycles. The fraction of sp³-hybridized carbons (Fsp3) is 0.222. The van der Waals surface area contributed by atoms with Gasteiger partial charge in [0.1, 0.15) is 23.7 Å². The minimum absolute atomic E-state index is 0.0494. The first-order valence-corrected chi connectivity index (χ1v) is 14.8. The lowest BCUT2D eigenvalue weighted by Crippen LogP contribution is -2.48. The van der Waals surface area contributed by atoms with Gasteiger partial charge in [0.05, 0.1) is 0 Å². The summed E-state index contributed by atoms with van der Waals surface area (Å²) in [6, 6.07) is 32.8. The standard InChI is InChI=1S/C36H34N2O6/c39-35(40)30-11-5-7-13-33(30)44-34(36(41)42)37-20-18-27(19-21-37)31-23-38(32-12-6-4-10-29(31)32)22-25-14-16-28(17-15-25)43-24-26-8-2-1-3-9-26/h1-17,23,27,34H,18-22,24H2,(H,39,40)(H,41,42). The van der Waals surface area contributed by atoms with Crippen molar-refractivity contribution in [3.63, 3.8) is 0 Å². The van der Waals surface area contributed by atoms with E-state index in [0.29, 0.717) is 19.7 Å². The van der Waals surface area contributed by atoms with Crippen LogP contribution in [-0.4, -0.2) is 50.9 Å². The van der Waals surface area contributed by atoms with Crippen LogP contribution in [0.5, 0.6) is 11.5 Å². The van der Waals surface area contributed by atoms with Crippen LogP contribution < -0.4 is 9.47 Å². The van der Waals surface area contributed by atoms with Gasteiger partial charge in [-0.1, -0.05) is 72.8 Å². The van der Waals surface area contributed by atoms with Crippen LogP contribution in [0.3, 0.4) is 0 Å². The van der Waals surface area contributed by atoms with Crippen LogP contribution in [0.4, 0.5) is 0 Å². The normalized spacial score (nSPS) is 14.7. The van der Waals surface area contributed by atoms with Crippen molar-refractivity contribution in [2.75, 3.05) is 13.1 Å². The predicted octanol–water partition coefficient (Wildman–Crippen LogP) is 6.64. The van der Waals surface area contributed by atoms with E-state index in [1.165, 1.54) is 28.6 Å². The van der Waals surface area contributed by atoms with Gasteiger partial charge in [-0.2, -0.15) is 0 Å². The van der Waals surface area contributed by atoms with Crippen LogP contribution in [0.25, 0.3) is 10.9 Å². The van der Waals surface area contributed by atoms with Gasteiger partial charge in [-0.15, -0.1) is 0 Å². The predicted molar refractivity (Wildman–Crippen MR) is 167 cm³/mol. The van der Waals surface area contributed by atoms with Gasteiger partial charge >= 0.3 is 11.9 Å². The van der Waals surface area contributed by atoms with Gasteiger partial charge in [-0.3, -0.25) is 4.90 Å². The first-order chi connectivity index (χ1) is 21.5. The lowest BCUT2D eigenvalue weighted by Gasteiger charge is -2.35. The molecule has 4 aromatic carbocycles. The Labute approximate surface area is 255 Å². The average molecular weight is 591 g/mol. The molecule has 1 aromatic heterocycles. The van der Waals surface area contributed by atoms with Crippen molar-refractivity contribution >= 4 is 22.8 Å². The summed E-state index contributed by atoms with van der Waals surface area (Å²) >= 11 is 0. The van der Waals surface area contributed by atoms with Crippen LogP contribution in [0.2, 0.25) is 0 Å². The number of fused-ring (bicyclic) bond motifs is 1. The maximum atomic E-state index is 12.2. The molecule has 1 fully saturated rings. The van der Waals surface area contributed by atoms with Crippen molar-refractivity contribution in [1.82, 2.24) is 9.47 Å². The number of aromatic nitrogens is 1. The van der Waals surface area contributed by atoms with Gasteiger partial charge < -0.3 is 24.3 Å². The quantitative estimate of drug-likeness (QED) is 0.178. The van der Waals surface area contributed by atoms with E-state index in [0.717, 1.165) is 36.2 Å². The van der Waals surface area contributed by atoms with Crippen LogP contribution >= 0.6 is 0 Å². The topological polar surface area (TPSA) is 101 Å². The molecule has 1 aliphatic heterocycles. The molecule has 224 valence electrons. The molecule has 1 saturated heterocycles. The number of rotatable bonds is 11. The minimum Gasteiger partial charge on any atom is -0.489 e. The molecular formula is C36H34N2O6. The molecule has 0 amide bonds. The Morgan fingerprint density at radius 1 is 0.795 bits per heavy atom. The zero-order valence-electron chi connectivity index (χ0n) is 24.2. The number of aromatic carboxylic acids is 1. The maximum Gasteiger partial charge on any atom is 0.360 e. The second-order valence-electron chi connectivity index (χ2n) is 11.1. The summed E-state index contributed by atoms with van der Waals surface area (Å²) < 4.78 is 14.0. The largest absolute Gasteiger partial charge is 0.489 e. The van der Waals surface area contributed by atoms with Gasteiger partial charge in [-0.05, 0) is 65.8 Å². The highest BCUT2D eigenvalue weighted by Crippen LogP contribution is 2.36. The number of benzene rings is 4. The molecule has 0 bridgehead atoms. The SMILES string of the molecule is O=C(O)c1ccccc1OC(C(=O)O)N1CCC(c2cn(Cc3ccc(OCc4ccccc4)cc3)c3ccccc23)CC1. The number of aliphatic carboxylic acids is 1. The number of carbonyl (C=O) groups is 2. The van der Waals surface area contributed by atoms with Crippen molar-refractivity contribution in [3.8, 4) is 11.5 Å². The van der Waals surface area contributed by atoms with Crippen LogP contribution in [0.15, 0.2) is 109 Å².